The molecule has 172 valence electrons. The van der Waals surface area contributed by atoms with Crippen LogP contribution in [-0.4, -0.2) is 34.5 Å². The smallest absolute Gasteiger partial charge is 0.188 e. The molecule has 1 aromatic heterocycles. The number of aliphatic hydroxyl groups is 1. The summed E-state index contributed by atoms with van der Waals surface area (Å²) in [5, 5.41) is 25.7. The molecule has 0 spiro atoms. The van der Waals surface area contributed by atoms with E-state index in [0.29, 0.717) is 18.1 Å². The van der Waals surface area contributed by atoms with Crippen molar-refractivity contribution in [1.82, 2.24) is 10.2 Å². The van der Waals surface area contributed by atoms with Crippen LogP contribution in [0.25, 0.3) is 15.6 Å². The van der Waals surface area contributed by atoms with Gasteiger partial charge >= 0.3 is 0 Å². The standard InChI is InChI=1S/C25H26ClN5O.ClH/c1-15-6-7-16(10-22(15)26)12-28-24-21-11-19(27-2)8-9-20(21)25(30-29-24)31-13-17-4-3-5-18(14-31)23(17)32;/h6-11,17-18,23,32H,3-5,12-14H2,1H3,(H,28,29);1H. The lowest BCUT2D eigenvalue weighted by atomic mass is 9.75. The van der Waals surface area contributed by atoms with Gasteiger partial charge in [-0.2, -0.15) is 0 Å². The Morgan fingerprint density at radius 1 is 1.12 bits per heavy atom. The monoisotopic (exact) mass is 483 g/mol. The molecule has 0 amide bonds. The van der Waals surface area contributed by atoms with Crippen LogP contribution in [0.2, 0.25) is 5.02 Å². The first-order chi connectivity index (χ1) is 15.5. The Morgan fingerprint density at radius 2 is 1.88 bits per heavy atom. The molecule has 2 atom stereocenters. The molecule has 2 unspecified atom stereocenters. The van der Waals surface area contributed by atoms with Gasteiger partial charge in [0.05, 0.1) is 12.7 Å². The molecular weight excluding hydrogens is 457 g/mol. The highest BCUT2D eigenvalue weighted by molar-refractivity contribution is 6.31. The first-order valence-electron chi connectivity index (χ1n) is 11.1. The fourth-order valence-electron chi connectivity index (χ4n) is 5.07. The van der Waals surface area contributed by atoms with Crippen LogP contribution in [0, 0.1) is 25.3 Å². The number of aliphatic hydroxyl groups excluding tert-OH is 1. The van der Waals surface area contributed by atoms with E-state index < -0.39 is 0 Å². The predicted octanol–water partition coefficient (Wildman–Crippen LogP) is 5.77. The second-order valence-corrected chi connectivity index (χ2v) is 9.40. The lowest BCUT2D eigenvalue weighted by Crippen LogP contribution is -2.51. The van der Waals surface area contributed by atoms with Crippen LogP contribution >= 0.6 is 24.0 Å². The van der Waals surface area contributed by atoms with Gasteiger partial charge in [0.15, 0.2) is 17.3 Å². The number of anilines is 2. The van der Waals surface area contributed by atoms with Gasteiger partial charge in [-0.3, -0.25) is 0 Å². The summed E-state index contributed by atoms with van der Waals surface area (Å²) in [7, 11) is 0. The molecule has 1 aliphatic carbocycles. The molecule has 3 aromatic rings. The topological polar surface area (TPSA) is 65.6 Å². The van der Waals surface area contributed by atoms with Crippen LogP contribution in [0.1, 0.15) is 30.4 Å². The fourth-order valence-corrected chi connectivity index (χ4v) is 5.28. The highest BCUT2D eigenvalue weighted by Crippen LogP contribution is 2.39. The summed E-state index contributed by atoms with van der Waals surface area (Å²) >= 11 is 6.28. The Hall–Kier alpha value is -2.59. The van der Waals surface area contributed by atoms with E-state index in [9.17, 15) is 5.11 Å². The number of hydrogen-bond acceptors (Lipinski definition) is 5. The number of rotatable bonds is 4. The predicted molar refractivity (Wildman–Crippen MR) is 136 cm³/mol. The van der Waals surface area contributed by atoms with Crippen molar-refractivity contribution in [1.29, 1.82) is 0 Å². The van der Waals surface area contributed by atoms with Gasteiger partial charge in [0.25, 0.3) is 0 Å². The normalized spacial score (nSPS) is 21.9. The number of fused-ring (bicyclic) bond motifs is 3. The molecular formula is C25H27Cl2N5O. The second kappa shape index (κ2) is 9.72. The van der Waals surface area contributed by atoms with E-state index in [1.807, 2.05) is 43.3 Å². The molecule has 8 heteroatoms. The number of aryl methyl sites for hydroxylation is 1. The van der Waals surface area contributed by atoms with Crippen molar-refractivity contribution in [3.05, 3.63) is 64.0 Å². The Bertz CT molecular complexity index is 1200. The van der Waals surface area contributed by atoms with Crippen molar-refractivity contribution < 1.29 is 5.11 Å². The van der Waals surface area contributed by atoms with Gasteiger partial charge in [0.1, 0.15) is 0 Å². The summed E-state index contributed by atoms with van der Waals surface area (Å²) < 4.78 is 0. The van der Waals surface area contributed by atoms with Gasteiger partial charge in [-0.25, -0.2) is 4.85 Å². The highest BCUT2D eigenvalue weighted by Gasteiger charge is 2.39. The number of halogens is 2. The number of piperidine rings is 1. The van der Waals surface area contributed by atoms with Gasteiger partial charge in [-0.05, 0) is 43.0 Å². The zero-order valence-corrected chi connectivity index (χ0v) is 20.0. The quantitative estimate of drug-likeness (QED) is 0.460. The van der Waals surface area contributed by atoms with Gasteiger partial charge in [-0.1, -0.05) is 42.3 Å². The Balaban J connectivity index is 0.00000259. The van der Waals surface area contributed by atoms with Gasteiger partial charge in [0, 0.05) is 47.3 Å². The van der Waals surface area contributed by atoms with Crippen LogP contribution < -0.4 is 10.2 Å². The lowest BCUT2D eigenvalue weighted by molar-refractivity contribution is 0.00583. The Morgan fingerprint density at radius 3 is 2.58 bits per heavy atom. The average Bonchev–Trinajstić information content (AvgIpc) is 2.79. The molecule has 1 saturated heterocycles. The third-order valence-electron chi connectivity index (χ3n) is 6.89. The Kier molecular flexibility index (Phi) is 6.94. The summed E-state index contributed by atoms with van der Waals surface area (Å²) in [6, 6.07) is 11.7. The van der Waals surface area contributed by atoms with Crippen LogP contribution in [0.3, 0.4) is 0 Å². The molecule has 2 bridgehead atoms. The third kappa shape index (κ3) is 4.59. The van der Waals surface area contributed by atoms with E-state index in [4.69, 9.17) is 18.2 Å². The summed E-state index contributed by atoms with van der Waals surface area (Å²) in [6.07, 6.45) is 3.09. The minimum atomic E-state index is -0.213. The van der Waals surface area contributed by atoms with Crippen molar-refractivity contribution in [3.63, 3.8) is 0 Å². The van der Waals surface area contributed by atoms with E-state index >= 15 is 0 Å². The fraction of sp³-hybridized carbons (Fsp3) is 0.400. The molecule has 33 heavy (non-hydrogen) atoms. The van der Waals surface area contributed by atoms with Gasteiger partial charge in [-0.15, -0.1) is 22.6 Å². The van der Waals surface area contributed by atoms with Crippen molar-refractivity contribution in [2.24, 2.45) is 11.8 Å². The van der Waals surface area contributed by atoms with E-state index in [-0.39, 0.29) is 30.3 Å². The molecule has 1 saturated carbocycles. The number of benzene rings is 2. The molecule has 2 aromatic carbocycles. The maximum absolute atomic E-state index is 10.6. The van der Waals surface area contributed by atoms with Crippen molar-refractivity contribution >= 4 is 52.1 Å². The largest absolute Gasteiger partial charge is 0.392 e. The average molecular weight is 484 g/mol. The number of nitrogens with zero attached hydrogens (tertiary/aromatic N) is 4. The number of aromatic nitrogens is 2. The van der Waals surface area contributed by atoms with Gasteiger partial charge < -0.3 is 15.3 Å². The van der Waals surface area contributed by atoms with E-state index in [2.05, 4.69) is 25.3 Å². The second-order valence-electron chi connectivity index (χ2n) is 9.00. The third-order valence-corrected chi connectivity index (χ3v) is 7.30. The summed E-state index contributed by atoms with van der Waals surface area (Å²) in [6.45, 7) is 11.6. The molecule has 2 aliphatic rings. The molecule has 0 radical (unpaired) electrons. The molecule has 6 nitrogen and oxygen atoms in total. The maximum atomic E-state index is 10.6. The van der Waals surface area contributed by atoms with Crippen LogP contribution in [-0.2, 0) is 6.54 Å². The number of hydrogen-bond donors (Lipinski definition) is 2. The van der Waals surface area contributed by atoms with E-state index in [1.54, 1.807) is 0 Å². The zero-order chi connectivity index (χ0) is 22.2. The van der Waals surface area contributed by atoms with Crippen molar-refractivity contribution in [2.75, 3.05) is 23.3 Å². The summed E-state index contributed by atoms with van der Waals surface area (Å²) in [5.74, 6) is 2.06. The lowest BCUT2D eigenvalue weighted by Gasteiger charge is -2.45. The highest BCUT2D eigenvalue weighted by atomic mass is 35.5. The SMILES string of the molecule is Cl.[C-]#[N+]c1ccc2c(N3CC4CCCC(C3)C4O)nnc(NCc3ccc(C)c(Cl)c3)c2c1. The molecule has 5 rings (SSSR count). The molecule has 2 N–H and O–H groups in total. The first kappa shape index (κ1) is 23.6. The van der Waals surface area contributed by atoms with Gasteiger partial charge in [0.2, 0.25) is 0 Å². The molecule has 2 fully saturated rings. The molecule has 1 aliphatic heterocycles. The van der Waals surface area contributed by atoms with Crippen LogP contribution in [0.4, 0.5) is 17.3 Å². The minimum absolute atomic E-state index is 0. The zero-order valence-electron chi connectivity index (χ0n) is 18.5. The van der Waals surface area contributed by atoms with E-state index in [0.717, 1.165) is 58.7 Å². The van der Waals surface area contributed by atoms with Crippen molar-refractivity contribution in [2.45, 2.75) is 38.8 Å². The van der Waals surface area contributed by atoms with E-state index in [1.165, 1.54) is 6.42 Å². The summed E-state index contributed by atoms with van der Waals surface area (Å²) in [4.78, 5) is 5.89. The van der Waals surface area contributed by atoms with Crippen LogP contribution in [0.15, 0.2) is 36.4 Å². The maximum Gasteiger partial charge on any atom is 0.188 e. The first-order valence-corrected chi connectivity index (χ1v) is 11.5. The molecule has 2 heterocycles. The van der Waals surface area contributed by atoms with Crippen molar-refractivity contribution in [3.8, 4) is 0 Å². The van der Waals surface area contributed by atoms with Crippen LogP contribution in [0.5, 0.6) is 0 Å². The summed E-state index contributed by atoms with van der Waals surface area (Å²) in [5.41, 5.74) is 2.67. The minimum Gasteiger partial charge on any atom is -0.392 e. The number of nitrogens with one attached hydrogen (secondary N) is 1. The Labute approximate surface area is 205 Å².